The average Bonchev–Trinajstić information content (AvgIpc) is 1.59. The van der Waals surface area contributed by atoms with Crippen LogP contribution in [0, 0.1) is 0 Å². The molecular weight excluding hydrogens is 128 g/mol. The minimum atomic E-state index is -3.27. The molecule has 0 aliphatic rings. The summed E-state index contributed by atoms with van der Waals surface area (Å²) in [5, 5.41) is 4.64. The second-order valence-corrected chi connectivity index (χ2v) is 3.24. The number of nitrogens with two attached hydrogens (primary N) is 2. The third-order valence-corrected chi connectivity index (χ3v) is 1.49. The molecule has 50 valence electrons. The molecule has 0 fully saturated rings. The van der Waals surface area contributed by atoms with E-state index in [1.807, 2.05) is 0 Å². The molecule has 8 heavy (non-hydrogen) atoms. The molecule has 0 bridgehead atoms. The Bertz CT molecular complexity index is 139. The first-order chi connectivity index (χ1) is 3.56. The van der Waals surface area contributed by atoms with Gasteiger partial charge in [-0.25, -0.2) is 13.6 Å². The maximum atomic E-state index is 10.1. The summed E-state index contributed by atoms with van der Waals surface area (Å²) < 4.78 is 20.2. The molecule has 0 amide bonds. The van der Waals surface area contributed by atoms with E-state index in [1.165, 1.54) is 0 Å². The van der Waals surface area contributed by atoms with Crippen LogP contribution in [-0.4, -0.2) is 20.7 Å². The van der Waals surface area contributed by atoms with Gasteiger partial charge in [-0.1, -0.05) is 0 Å². The van der Waals surface area contributed by atoms with Gasteiger partial charge in [-0.15, -0.1) is 0 Å². The minimum Gasteiger partial charge on any atom is -0.330 e. The molecular formula is C3H10N2O2S. The molecule has 0 saturated heterocycles. The summed E-state index contributed by atoms with van der Waals surface area (Å²) in [5.74, 6) is -0.0104. The van der Waals surface area contributed by atoms with E-state index < -0.39 is 10.0 Å². The first-order valence-electron chi connectivity index (χ1n) is 2.27. The van der Waals surface area contributed by atoms with Crippen molar-refractivity contribution in [2.45, 2.75) is 6.42 Å². The summed E-state index contributed by atoms with van der Waals surface area (Å²) in [4.78, 5) is 0. The van der Waals surface area contributed by atoms with Gasteiger partial charge in [-0.2, -0.15) is 0 Å². The SMILES string of the molecule is NCCCS(N)(=O)=O. The van der Waals surface area contributed by atoms with Gasteiger partial charge < -0.3 is 5.73 Å². The Labute approximate surface area is 48.9 Å². The zero-order valence-corrected chi connectivity index (χ0v) is 5.32. The van der Waals surface area contributed by atoms with Gasteiger partial charge >= 0.3 is 0 Å². The van der Waals surface area contributed by atoms with Crippen molar-refractivity contribution in [3.63, 3.8) is 0 Å². The summed E-state index contributed by atoms with van der Waals surface area (Å²) in [6.45, 7) is 0.371. The van der Waals surface area contributed by atoms with Gasteiger partial charge in [-0.05, 0) is 13.0 Å². The van der Waals surface area contributed by atoms with Gasteiger partial charge in [-0.3, -0.25) is 0 Å². The molecule has 0 rings (SSSR count). The molecule has 0 radical (unpaired) electrons. The molecule has 0 aliphatic carbocycles. The summed E-state index contributed by atoms with van der Waals surface area (Å²) >= 11 is 0. The number of hydrogen-bond acceptors (Lipinski definition) is 3. The van der Waals surface area contributed by atoms with Crippen molar-refractivity contribution in [1.29, 1.82) is 0 Å². The van der Waals surface area contributed by atoms with Crippen LogP contribution >= 0.6 is 0 Å². The van der Waals surface area contributed by atoms with E-state index >= 15 is 0 Å². The Morgan fingerprint density at radius 1 is 1.38 bits per heavy atom. The lowest BCUT2D eigenvalue weighted by Crippen LogP contribution is -2.18. The van der Waals surface area contributed by atoms with Crippen molar-refractivity contribution in [3.05, 3.63) is 0 Å². The van der Waals surface area contributed by atoms with E-state index in [2.05, 4.69) is 5.14 Å². The highest BCUT2D eigenvalue weighted by Gasteiger charge is 1.98. The van der Waals surface area contributed by atoms with E-state index in [4.69, 9.17) is 5.73 Å². The molecule has 0 atom stereocenters. The molecule has 4 N–H and O–H groups in total. The maximum absolute atomic E-state index is 10.1. The summed E-state index contributed by atoms with van der Waals surface area (Å²) in [5.41, 5.74) is 5.02. The molecule has 0 spiro atoms. The summed E-state index contributed by atoms with van der Waals surface area (Å²) in [6.07, 6.45) is 0.443. The van der Waals surface area contributed by atoms with Crippen molar-refractivity contribution in [3.8, 4) is 0 Å². The molecule has 0 aromatic heterocycles. The highest BCUT2D eigenvalue weighted by molar-refractivity contribution is 7.89. The topological polar surface area (TPSA) is 86.2 Å². The van der Waals surface area contributed by atoms with Crippen LogP contribution in [0.4, 0.5) is 0 Å². The lowest BCUT2D eigenvalue weighted by Gasteiger charge is -1.91. The van der Waals surface area contributed by atoms with E-state index in [1.54, 1.807) is 0 Å². The van der Waals surface area contributed by atoms with E-state index in [0.29, 0.717) is 13.0 Å². The number of hydrogen-bond donors (Lipinski definition) is 2. The zero-order valence-electron chi connectivity index (χ0n) is 4.50. The fourth-order valence-electron chi connectivity index (χ4n) is 0.285. The standard InChI is InChI=1S/C3H10N2O2S/c4-2-1-3-8(5,6)7/h1-4H2,(H2,5,6,7). The highest BCUT2D eigenvalue weighted by atomic mass is 32.2. The lowest BCUT2D eigenvalue weighted by molar-refractivity contribution is 0.595. The average molecular weight is 138 g/mol. The molecule has 0 unspecified atom stereocenters. The largest absolute Gasteiger partial charge is 0.330 e. The van der Waals surface area contributed by atoms with Gasteiger partial charge in [0.05, 0.1) is 5.75 Å². The Hall–Kier alpha value is -0.130. The van der Waals surface area contributed by atoms with Crippen molar-refractivity contribution in [2.24, 2.45) is 10.9 Å². The Kier molecular flexibility index (Phi) is 2.96. The van der Waals surface area contributed by atoms with Crippen LogP contribution in [0.5, 0.6) is 0 Å². The van der Waals surface area contributed by atoms with Crippen molar-refractivity contribution in [2.75, 3.05) is 12.3 Å². The van der Waals surface area contributed by atoms with Gasteiger partial charge in [0, 0.05) is 0 Å². The zero-order chi connectivity index (χ0) is 6.62. The second-order valence-electron chi connectivity index (χ2n) is 1.51. The van der Waals surface area contributed by atoms with Crippen LogP contribution in [0.1, 0.15) is 6.42 Å². The van der Waals surface area contributed by atoms with Crippen LogP contribution in [0.15, 0.2) is 0 Å². The van der Waals surface area contributed by atoms with Crippen LogP contribution in [-0.2, 0) is 10.0 Å². The van der Waals surface area contributed by atoms with Crippen molar-refractivity contribution >= 4 is 10.0 Å². The Balaban J connectivity index is 3.42. The first-order valence-corrected chi connectivity index (χ1v) is 3.98. The predicted molar refractivity (Wildman–Crippen MR) is 31.6 cm³/mol. The van der Waals surface area contributed by atoms with Gasteiger partial charge in [0.15, 0.2) is 0 Å². The van der Waals surface area contributed by atoms with Crippen LogP contribution < -0.4 is 10.9 Å². The Morgan fingerprint density at radius 2 is 1.88 bits per heavy atom. The van der Waals surface area contributed by atoms with Crippen molar-refractivity contribution < 1.29 is 8.42 Å². The molecule has 0 aromatic carbocycles. The summed E-state index contributed by atoms with van der Waals surface area (Å²) in [7, 11) is -3.27. The maximum Gasteiger partial charge on any atom is 0.209 e. The molecule has 5 heteroatoms. The van der Waals surface area contributed by atoms with Gasteiger partial charge in [0.1, 0.15) is 0 Å². The third-order valence-electron chi connectivity index (χ3n) is 0.633. The number of primary sulfonamides is 1. The molecule has 0 heterocycles. The first kappa shape index (κ1) is 7.87. The third kappa shape index (κ3) is 5.87. The Morgan fingerprint density at radius 3 is 2.00 bits per heavy atom. The van der Waals surface area contributed by atoms with Crippen LogP contribution in [0.3, 0.4) is 0 Å². The lowest BCUT2D eigenvalue weighted by atomic mass is 10.5. The molecule has 4 nitrogen and oxygen atoms in total. The molecule has 0 aromatic rings. The smallest absolute Gasteiger partial charge is 0.209 e. The van der Waals surface area contributed by atoms with E-state index in [0.717, 1.165) is 0 Å². The minimum absolute atomic E-state index is 0.0104. The fraction of sp³-hybridized carbons (Fsp3) is 1.00. The molecule has 0 aliphatic heterocycles. The van der Waals surface area contributed by atoms with E-state index in [-0.39, 0.29) is 5.75 Å². The van der Waals surface area contributed by atoms with Gasteiger partial charge in [0.2, 0.25) is 10.0 Å². The monoisotopic (exact) mass is 138 g/mol. The second kappa shape index (κ2) is 3.01. The van der Waals surface area contributed by atoms with Crippen molar-refractivity contribution in [1.82, 2.24) is 0 Å². The summed E-state index contributed by atoms with van der Waals surface area (Å²) in [6, 6.07) is 0. The van der Waals surface area contributed by atoms with Crippen LogP contribution in [0.2, 0.25) is 0 Å². The van der Waals surface area contributed by atoms with Gasteiger partial charge in [0.25, 0.3) is 0 Å². The number of sulfonamides is 1. The molecule has 0 saturated carbocycles. The number of rotatable bonds is 3. The highest BCUT2D eigenvalue weighted by Crippen LogP contribution is 1.80. The van der Waals surface area contributed by atoms with E-state index in [9.17, 15) is 8.42 Å². The normalized spacial score (nSPS) is 11.8. The fourth-order valence-corrected chi connectivity index (χ4v) is 0.854. The van der Waals surface area contributed by atoms with Crippen LogP contribution in [0.25, 0.3) is 0 Å². The predicted octanol–water partition coefficient (Wildman–Crippen LogP) is -1.38. The quantitative estimate of drug-likeness (QED) is 0.504.